The third-order valence-electron chi connectivity index (χ3n) is 3.52. The molecule has 0 bridgehead atoms. The van der Waals surface area contributed by atoms with Gasteiger partial charge in [0.1, 0.15) is 11.8 Å². The third kappa shape index (κ3) is 4.83. The monoisotopic (exact) mass is 467 g/mol. The van der Waals surface area contributed by atoms with E-state index >= 15 is 0 Å². The number of allylic oxidation sites excluding steroid dienone is 1. The minimum absolute atomic E-state index is 0.125. The molecule has 2 aromatic rings. The van der Waals surface area contributed by atoms with Crippen molar-refractivity contribution < 1.29 is 17.6 Å². The van der Waals surface area contributed by atoms with Gasteiger partial charge in [-0.15, -0.1) is 0 Å². The van der Waals surface area contributed by atoms with E-state index in [0.29, 0.717) is 12.1 Å². The summed E-state index contributed by atoms with van der Waals surface area (Å²) >= 11 is 17.6. The molecule has 0 fully saturated rings. The highest BCUT2D eigenvalue weighted by molar-refractivity contribution is 6.38. The van der Waals surface area contributed by atoms with Crippen LogP contribution in [0.4, 0.5) is 23.4 Å². The van der Waals surface area contributed by atoms with Gasteiger partial charge in [0.15, 0.2) is 17.1 Å². The predicted octanol–water partition coefficient (Wildman–Crippen LogP) is 5.84. The van der Waals surface area contributed by atoms with Crippen molar-refractivity contribution >= 4 is 52.5 Å². The van der Waals surface area contributed by atoms with Gasteiger partial charge in [-0.1, -0.05) is 41.4 Å². The molecule has 0 aliphatic carbocycles. The third-order valence-corrected chi connectivity index (χ3v) is 4.36. The highest BCUT2D eigenvalue weighted by Gasteiger charge is 2.33. The standard InChI is InChI=1S/C17H12Cl3F4N5/c1-8(15(20)21)13-12(6-25)27-29(16(13)26-7-28(2)3)14-10(18)4-9(5-11(14)19)17(22,23)24/h4-5,7,15H,1H2,2-3H3. The summed E-state index contributed by atoms with van der Waals surface area (Å²) in [6.07, 6.45) is -3.38. The molecule has 1 atom stereocenters. The van der Waals surface area contributed by atoms with Crippen LogP contribution < -0.4 is 0 Å². The number of hydrogen-bond acceptors (Lipinski definition) is 3. The Morgan fingerprint density at radius 2 is 1.90 bits per heavy atom. The first-order valence-electron chi connectivity index (χ1n) is 7.66. The summed E-state index contributed by atoms with van der Waals surface area (Å²) in [5.41, 5.74) is -4.05. The molecule has 0 spiro atoms. The van der Waals surface area contributed by atoms with Gasteiger partial charge in [0, 0.05) is 19.7 Å². The van der Waals surface area contributed by atoms with Crippen LogP contribution in [0, 0.1) is 11.3 Å². The van der Waals surface area contributed by atoms with E-state index in [1.165, 1.54) is 11.2 Å². The van der Waals surface area contributed by atoms with Gasteiger partial charge < -0.3 is 4.90 Å². The highest BCUT2D eigenvalue weighted by atomic mass is 35.5. The van der Waals surface area contributed by atoms with Crippen LogP contribution >= 0.6 is 34.8 Å². The van der Waals surface area contributed by atoms with E-state index in [2.05, 4.69) is 16.7 Å². The largest absolute Gasteiger partial charge is 0.416 e. The molecule has 1 aromatic heterocycles. The fourth-order valence-electron chi connectivity index (χ4n) is 2.27. The molecule has 1 heterocycles. The lowest BCUT2D eigenvalue weighted by Crippen LogP contribution is -2.09. The number of hydrogen-bond donors (Lipinski definition) is 0. The Labute approximate surface area is 178 Å². The van der Waals surface area contributed by atoms with Gasteiger partial charge >= 0.3 is 6.18 Å². The molecule has 0 saturated heterocycles. The van der Waals surface area contributed by atoms with E-state index in [1.54, 1.807) is 20.2 Å². The first kappa shape index (κ1) is 23.0. The van der Waals surface area contributed by atoms with Crippen molar-refractivity contribution in [3.8, 4) is 11.8 Å². The number of benzene rings is 1. The fourth-order valence-corrected chi connectivity index (χ4v) is 3.03. The van der Waals surface area contributed by atoms with Crippen LogP contribution in [-0.4, -0.2) is 40.7 Å². The molecule has 29 heavy (non-hydrogen) atoms. The number of aliphatic imine (C=N–C) groups is 1. The predicted molar refractivity (Wildman–Crippen MR) is 105 cm³/mol. The Balaban J connectivity index is 2.87. The Bertz CT molecular complexity index is 996. The summed E-state index contributed by atoms with van der Waals surface area (Å²) in [4.78, 5) is 5.66. The van der Waals surface area contributed by atoms with Crippen molar-refractivity contribution in [2.75, 3.05) is 14.1 Å². The molecular formula is C17H12Cl3F4N5. The van der Waals surface area contributed by atoms with Crippen LogP contribution in [0.2, 0.25) is 10.0 Å². The van der Waals surface area contributed by atoms with Gasteiger partial charge in [0.05, 0.1) is 27.5 Å². The van der Waals surface area contributed by atoms with Gasteiger partial charge in [-0.05, 0) is 12.1 Å². The van der Waals surface area contributed by atoms with Crippen molar-refractivity contribution in [1.82, 2.24) is 14.7 Å². The van der Waals surface area contributed by atoms with Gasteiger partial charge in [0.2, 0.25) is 0 Å². The second-order valence-electron chi connectivity index (χ2n) is 5.89. The van der Waals surface area contributed by atoms with Gasteiger partial charge in [-0.2, -0.15) is 23.5 Å². The molecule has 0 aliphatic rings. The van der Waals surface area contributed by atoms with Crippen LogP contribution in [-0.2, 0) is 6.18 Å². The average Bonchev–Trinajstić information content (AvgIpc) is 2.95. The molecule has 2 rings (SSSR count). The maximum absolute atomic E-state index is 13.7. The SMILES string of the molecule is C=C(c1c(C#N)nn(-c2c(Cl)cc(C(F)(F)F)cc2Cl)c1N=CN(C)C)C(F)Cl. The highest BCUT2D eigenvalue weighted by Crippen LogP contribution is 2.41. The molecule has 0 amide bonds. The Morgan fingerprint density at radius 1 is 1.34 bits per heavy atom. The van der Waals surface area contributed by atoms with E-state index in [9.17, 15) is 22.8 Å². The van der Waals surface area contributed by atoms with E-state index in [4.69, 9.17) is 34.8 Å². The smallest absolute Gasteiger partial charge is 0.369 e. The number of aromatic nitrogens is 2. The van der Waals surface area contributed by atoms with Crippen LogP contribution in [0.5, 0.6) is 0 Å². The van der Waals surface area contributed by atoms with Gasteiger partial charge in [-0.25, -0.2) is 14.1 Å². The second-order valence-corrected chi connectivity index (χ2v) is 7.09. The van der Waals surface area contributed by atoms with Gasteiger partial charge in [-0.3, -0.25) is 0 Å². The van der Waals surface area contributed by atoms with Crippen molar-refractivity contribution in [1.29, 1.82) is 5.26 Å². The topological polar surface area (TPSA) is 57.2 Å². The molecule has 0 N–H and O–H groups in total. The lowest BCUT2D eigenvalue weighted by atomic mass is 10.1. The minimum Gasteiger partial charge on any atom is -0.369 e. The number of halogens is 7. The van der Waals surface area contributed by atoms with Crippen LogP contribution in [0.1, 0.15) is 16.8 Å². The maximum atomic E-state index is 13.7. The quantitative estimate of drug-likeness (QED) is 0.240. The van der Waals surface area contributed by atoms with Crippen LogP contribution in [0.25, 0.3) is 11.3 Å². The van der Waals surface area contributed by atoms with E-state index in [0.717, 1.165) is 4.68 Å². The molecule has 0 saturated carbocycles. The van der Waals surface area contributed by atoms with Crippen molar-refractivity contribution in [2.45, 2.75) is 11.8 Å². The molecule has 0 radical (unpaired) electrons. The van der Waals surface area contributed by atoms with Gasteiger partial charge in [0.25, 0.3) is 0 Å². The van der Waals surface area contributed by atoms with E-state index in [1.807, 2.05) is 0 Å². The summed E-state index contributed by atoms with van der Waals surface area (Å²) in [5.74, 6) is -0.132. The lowest BCUT2D eigenvalue weighted by Gasteiger charge is -2.14. The van der Waals surface area contributed by atoms with Crippen molar-refractivity contribution in [3.63, 3.8) is 0 Å². The molecule has 0 aliphatic heterocycles. The summed E-state index contributed by atoms with van der Waals surface area (Å²) in [6, 6.07) is 3.07. The molecule has 1 unspecified atom stereocenters. The molecule has 1 aromatic carbocycles. The van der Waals surface area contributed by atoms with Crippen molar-refractivity contribution in [2.24, 2.45) is 4.99 Å². The first-order chi connectivity index (χ1) is 13.4. The summed E-state index contributed by atoms with van der Waals surface area (Å²) in [6.45, 7) is 3.51. The van der Waals surface area contributed by atoms with E-state index in [-0.39, 0.29) is 28.3 Å². The zero-order valence-electron chi connectivity index (χ0n) is 14.9. The zero-order chi connectivity index (χ0) is 22.1. The number of nitriles is 1. The number of rotatable bonds is 5. The number of alkyl halides is 5. The zero-order valence-corrected chi connectivity index (χ0v) is 17.2. The Hall–Kier alpha value is -2.28. The second kappa shape index (κ2) is 8.61. The molecule has 154 valence electrons. The van der Waals surface area contributed by atoms with Crippen molar-refractivity contribution in [3.05, 3.63) is 45.6 Å². The normalized spacial score (nSPS) is 12.8. The summed E-state index contributed by atoms with van der Waals surface area (Å²) in [5, 5.41) is 12.6. The fraction of sp³-hybridized carbons (Fsp3) is 0.235. The summed E-state index contributed by atoms with van der Waals surface area (Å²) < 4.78 is 53.7. The average molecular weight is 469 g/mol. The number of nitrogens with zero attached hydrogens (tertiary/aromatic N) is 5. The molecular weight excluding hydrogens is 457 g/mol. The van der Waals surface area contributed by atoms with E-state index < -0.39 is 27.4 Å². The van der Waals surface area contributed by atoms with Crippen LogP contribution in [0.15, 0.2) is 23.7 Å². The minimum atomic E-state index is -4.68. The summed E-state index contributed by atoms with van der Waals surface area (Å²) in [7, 11) is 3.28. The maximum Gasteiger partial charge on any atom is 0.416 e. The Morgan fingerprint density at radius 3 is 2.31 bits per heavy atom. The van der Waals surface area contributed by atoms with Crippen LogP contribution in [0.3, 0.4) is 0 Å². The molecule has 12 heteroatoms. The lowest BCUT2D eigenvalue weighted by molar-refractivity contribution is -0.137. The molecule has 5 nitrogen and oxygen atoms in total. The first-order valence-corrected chi connectivity index (χ1v) is 8.85. The Kier molecular flexibility index (Phi) is 6.83.